The van der Waals surface area contributed by atoms with Crippen molar-refractivity contribution in [1.82, 2.24) is 5.01 Å². The van der Waals surface area contributed by atoms with E-state index in [1.165, 1.54) is 0 Å². The molecule has 34 heavy (non-hydrogen) atoms. The van der Waals surface area contributed by atoms with Gasteiger partial charge in [-0.15, -0.1) is 0 Å². The number of para-hydroxylation sites is 1. The minimum atomic E-state index is -0.372. The van der Waals surface area contributed by atoms with Crippen molar-refractivity contribution in [2.45, 2.75) is 18.7 Å². The van der Waals surface area contributed by atoms with Crippen molar-refractivity contribution in [2.75, 3.05) is 0 Å². The lowest BCUT2D eigenvalue weighted by Crippen LogP contribution is -2.33. The zero-order valence-electron chi connectivity index (χ0n) is 18.1. The molecule has 6 rings (SSSR count). The fourth-order valence-electron chi connectivity index (χ4n) is 4.45. The Labute approximate surface area is 211 Å². The summed E-state index contributed by atoms with van der Waals surface area (Å²) in [7, 11) is 0. The van der Waals surface area contributed by atoms with Crippen molar-refractivity contribution in [3.05, 3.63) is 123 Å². The number of fused-ring (bicyclic) bond motifs is 3. The van der Waals surface area contributed by atoms with Gasteiger partial charge in [0.15, 0.2) is 0 Å². The lowest BCUT2D eigenvalue weighted by molar-refractivity contribution is -0.0191. The van der Waals surface area contributed by atoms with Crippen LogP contribution in [-0.4, -0.2) is 10.7 Å². The van der Waals surface area contributed by atoms with Crippen LogP contribution in [0.25, 0.3) is 0 Å². The zero-order valence-corrected chi connectivity index (χ0v) is 20.4. The Hall–Kier alpha value is -3.28. The first-order valence-electron chi connectivity index (χ1n) is 11.0. The van der Waals surface area contributed by atoms with Gasteiger partial charge in [-0.2, -0.15) is 5.10 Å². The fraction of sp³-hybridized carbons (Fsp3) is 0.107. The summed E-state index contributed by atoms with van der Waals surface area (Å²) in [5, 5.41) is 7.82. The van der Waals surface area contributed by atoms with E-state index in [9.17, 15) is 0 Å². The molecular formula is C28H20BrClN2O2. The number of benzene rings is 4. The second-order valence-corrected chi connectivity index (χ2v) is 9.65. The first-order valence-corrected chi connectivity index (χ1v) is 12.2. The summed E-state index contributed by atoms with van der Waals surface area (Å²) in [6.45, 7) is 0. The van der Waals surface area contributed by atoms with E-state index in [0.29, 0.717) is 5.02 Å². The van der Waals surface area contributed by atoms with Crippen molar-refractivity contribution in [3.8, 4) is 17.2 Å². The van der Waals surface area contributed by atoms with Crippen LogP contribution in [0.3, 0.4) is 0 Å². The highest BCUT2D eigenvalue weighted by molar-refractivity contribution is 9.10. The molecule has 0 spiro atoms. The summed E-state index contributed by atoms with van der Waals surface area (Å²) in [5.74, 6) is 2.42. The van der Waals surface area contributed by atoms with Crippen LogP contribution in [-0.2, 0) is 0 Å². The molecule has 0 bridgehead atoms. The smallest absolute Gasteiger partial charge is 0.214 e. The Morgan fingerprint density at radius 3 is 2.50 bits per heavy atom. The van der Waals surface area contributed by atoms with Crippen LogP contribution < -0.4 is 9.47 Å². The average molecular weight is 532 g/mol. The topological polar surface area (TPSA) is 34.1 Å². The van der Waals surface area contributed by atoms with Gasteiger partial charge in [0.1, 0.15) is 17.2 Å². The van der Waals surface area contributed by atoms with Crippen LogP contribution >= 0.6 is 27.5 Å². The molecule has 4 aromatic rings. The Morgan fingerprint density at radius 1 is 0.882 bits per heavy atom. The molecule has 0 unspecified atom stereocenters. The summed E-state index contributed by atoms with van der Waals surface area (Å²) in [5.41, 5.74) is 4.18. The van der Waals surface area contributed by atoms with Gasteiger partial charge in [-0.25, -0.2) is 5.01 Å². The van der Waals surface area contributed by atoms with E-state index in [4.69, 9.17) is 26.2 Å². The molecule has 0 N–H and O–H groups in total. The number of hydrazone groups is 1. The summed E-state index contributed by atoms with van der Waals surface area (Å²) < 4.78 is 13.6. The molecule has 6 heteroatoms. The maximum Gasteiger partial charge on any atom is 0.214 e. The first kappa shape index (κ1) is 21.3. The molecule has 0 aliphatic carbocycles. The zero-order chi connectivity index (χ0) is 23.1. The van der Waals surface area contributed by atoms with Crippen LogP contribution in [0.2, 0.25) is 5.02 Å². The Bertz CT molecular complexity index is 1380. The summed E-state index contributed by atoms with van der Waals surface area (Å²) >= 11 is 9.73. The van der Waals surface area contributed by atoms with E-state index in [1.807, 2.05) is 84.9 Å². The fourth-order valence-corrected chi connectivity index (χ4v) is 4.96. The Balaban J connectivity index is 1.39. The lowest BCUT2D eigenvalue weighted by Gasteiger charge is -2.38. The molecule has 2 atom stereocenters. The normalized spacial score (nSPS) is 18.5. The Kier molecular flexibility index (Phi) is 5.52. The maximum absolute atomic E-state index is 6.52. The molecule has 0 saturated heterocycles. The first-order chi connectivity index (χ1) is 16.6. The highest BCUT2D eigenvalue weighted by atomic mass is 79.9. The van der Waals surface area contributed by atoms with E-state index >= 15 is 0 Å². The van der Waals surface area contributed by atoms with Gasteiger partial charge in [-0.3, -0.25) is 0 Å². The monoisotopic (exact) mass is 530 g/mol. The summed E-state index contributed by atoms with van der Waals surface area (Å²) in [6, 6.07) is 31.9. The largest absolute Gasteiger partial charge is 0.464 e. The predicted octanol–water partition coefficient (Wildman–Crippen LogP) is 8.14. The lowest BCUT2D eigenvalue weighted by atomic mass is 9.96. The molecule has 0 aromatic heterocycles. The summed E-state index contributed by atoms with van der Waals surface area (Å²) in [6.07, 6.45) is 0.410. The number of ether oxygens (including phenoxy) is 2. The van der Waals surface area contributed by atoms with E-state index in [0.717, 1.165) is 50.5 Å². The number of rotatable bonds is 4. The van der Waals surface area contributed by atoms with Gasteiger partial charge in [0.25, 0.3) is 0 Å². The van der Waals surface area contributed by atoms with Crippen LogP contribution in [0.15, 0.2) is 107 Å². The van der Waals surface area contributed by atoms with E-state index in [-0.39, 0.29) is 12.3 Å². The molecule has 0 amide bonds. The second kappa shape index (κ2) is 8.82. The van der Waals surface area contributed by atoms with Gasteiger partial charge < -0.3 is 9.47 Å². The van der Waals surface area contributed by atoms with Crippen LogP contribution in [0.1, 0.15) is 35.4 Å². The quantitative estimate of drug-likeness (QED) is 0.266. The maximum atomic E-state index is 6.52. The van der Waals surface area contributed by atoms with Gasteiger partial charge in [-0.05, 0) is 60.2 Å². The highest BCUT2D eigenvalue weighted by Crippen LogP contribution is 2.48. The minimum Gasteiger partial charge on any atom is -0.464 e. The predicted molar refractivity (Wildman–Crippen MR) is 138 cm³/mol. The van der Waals surface area contributed by atoms with Crippen LogP contribution in [0, 0.1) is 0 Å². The van der Waals surface area contributed by atoms with Crippen LogP contribution in [0.5, 0.6) is 17.2 Å². The number of halogens is 2. The third-order valence-electron chi connectivity index (χ3n) is 6.05. The molecule has 0 fully saturated rings. The molecule has 2 heterocycles. The molecule has 4 nitrogen and oxygen atoms in total. The van der Waals surface area contributed by atoms with Crippen molar-refractivity contribution in [3.63, 3.8) is 0 Å². The second-order valence-electron chi connectivity index (χ2n) is 8.29. The van der Waals surface area contributed by atoms with E-state index in [1.54, 1.807) is 0 Å². The van der Waals surface area contributed by atoms with Gasteiger partial charge >= 0.3 is 0 Å². The van der Waals surface area contributed by atoms with Gasteiger partial charge in [-0.1, -0.05) is 70.0 Å². The summed E-state index contributed by atoms with van der Waals surface area (Å²) in [4.78, 5) is 0. The molecule has 168 valence electrons. The molecule has 2 aliphatic rings. The molecule has 0 saturated carbocycles. The van der Waals surface area contributed by atoms with Crippen LogP contribution in [0.4, 0.5) is 0 Å². The molecular weight excluding hydrogens is 512 g/mol. The van der Waals surface area contributed by atoms with E-state index in [2.05, 4.69) is 33.1 Å². The SMILES string of the molecule is Clc1ccc(C2=NN3[C@@H](c4cccc(Oc5ccccc5)c4)Oc4ccc(Br)cc4[C@@H]3C2)cc1. The van der Waals surface area contributed by atoms with Gasteiger partial charge in [0.05, 0.1) is 11.8 Å². The third-order valence-corrected chi connectivity index (χ3v) is 6.80. The van der Waals surface area contributed by atoms with Gasteiger partial charge in [0, 0.05) is 27.0 Å². The number of hydrogen-bond donors (Lipinski definition) is 0. The van der Waals surface area contributed by atoms with E-state index < -0.39 is 0 Å². The average Bonchev–Trinajstić information content (AvgIpc) is 3.31. The molecule has 2 aliphatic heterocycles. The van der Waals surface area contributed by atoms with Crippen molar-refractivity contribution >= 4 is 33.2 Å². The number of hydrogen-bond acceptors (Lipinski definition) is 4. The standard InChI is InChI=1S/C28H20BrClN2O2/c29-20-11-14-27-24(16-20)26-17-25(18-9-12-21(30)13-10-18)31-32(26)28(34-27)19-5-4-8-23(15-19)33-22-6-2-1-3-7-22/h1-16,26,28H,17H2/t26-,28+/m0/s1. The Morgan fingerprint density at radius 2 is 1.68 bits per heavy atom. The number of nitrogens with zero attached hydrogens (tertiary/aromatic N) is 2. The molecule has 0 radical (unpaired) electrons. The minimum absolute atomic E-state index is 0.0654. The van der Waals surface area contributed by atoms with Gasteiger partial charge in [0.2, 0.25) is 6.23 Å². The highest BCUT2D eigenvalue weighted by Gasteiger charge is 2.41. The third kappa shape index (κ3) is 4.06. The van der Waals surface area contributed by atoms with Crippen molar-refractivity contribution in [2.24, 2.45) is 5.10 Å². The molecule has 4 aromatic carbocycles. The van der Waals surface area contributed by atoms with Crippen molar-refractivity contribution < 1.29 is 9.47 Å². The van der Waals surface area contributed by atoms with Crippen molar-refractivity contribution in [1.29, 1.82) is 0 Å².